The van der Waals surface area contributed by atoms with Gasteiger partial charge in [-0.15, -0.1) is 0 Å². The molecule has 96 valence electrons. The van der Waals surface area contributed by atoms with Crippen LogP contribution in [0, 0.1) is 13.8 Å². The van der Waals surface area contributed by atoms with Gasteiger partial charge in [-0.2, -0.15) is 10.2 Å². The SMILES string of the molecule is Cc1ccc(N=Nc2ccc(O)c(=O)cc2C)cc1. The Balaban J connectivity index is 2.36. The molecule has 0 saturated carbocycles. The average Bonchev–Trinajstić information content (AvgIpc) is 2.50. The number of azo groups is 1. The summed E-state index contributed by atoms with van der Waals surface area (Å²) >= 11 is 0. The van der Waals surface area contributed by atoms with Crippen molar-refractivity contribution in [1.29, 1.82) is 0 Å². The monoisotopic (exact) mass is 254 g/mol. The molecule has 0 aliphatic heterocycles. The van der Waals surface area contributed by atoms with Crippen molar-refractivity contribution in [2.45, 2.75) is 13.8 Å². The van der Waals surface area contributed by atoms with Gasteiger partial charge in [-0.1, -0.05) is 17.7 Å². The number of aryl methyl sites for hydroxylation is 2. The molecule has 4 heteroatoms. The first-order valence-electron chi connectivity index (χ1n) is 5.88. The topological polar surface area (TPSA) is 62.0 Å². The van der Waals surface area contributed by atoms with E-state index in [9.17, 15) is 9.90 Å². The lowest BCUT2D eigenvalue weighted by Crippen LogP contribution is -1.93. The Bertz CT molecular complexity index is 677. The van der Waals surface area contributed by atoms with Gasteiger partial charge in [0.05, 0.1) is 11.4 Å². The Labute approximate surface area is 111 Å². The van der Waals surface area contributed by atoms with Crippen LogP contribution >= 0.6 is 0 Å². The lowest BCUT2D eigenvalue weighted by atomic mass is 10.2. The van der Waals surface area contributed by atoms with Crippen LogP contribution < -0.4 is 5.43 Å². The van der Waals surface area contributed by atoms with E-state index in [2.05, 4.69) is 10.2 Å². The van der Waals surface area contributed by atoms with Crippen LogP contribution in [0.4, 0.5) is 11.4 Å². The lowest BCUT2D eigenvalue weighted by molar-refractivity contribution is 0.471. The molecule has 0 saturated heterocycles. The minimum Gasteiger partial charge on any atom is -0.504 e. The summed E-state index contributed by atoms with van der Waals surface area (Å²) in [6.45, 7) is 3.76. The summed E-state index contributed by atoms with van der Waals surface area (Å²) in [6, 6.07) is 11.9. The third kappa shape index (κ3) is 3.25. The highest BCUT2D eigenvalue weighted by atomic mass is 16.3. The van der Waals surface area contributed by atoms with Crippen molar-refractivity contribution >= 4 is 11.4 Å². The first-order chi connectivity index (χ1) is 9.06. The number of nitrogens with zero attached hydrogens (tertiary/aromatic N) is 2. The second-order valence-electron chi connectivity index (χ2n) is 4.33. The van der Waals surface area contributed by atoms with E-state index in [0.717, 1.165) is 11.3 Å². The molecule has 2 rings (SSSR count). The van der Waals surface area contributed by atoms with Crippen LogP contribution in [0.25, 0.3) is 0 Å². The normalized spacial score (nSPS) is 10.8. The molecule has 2 aromatic carbocycles. The van der Waals surface area contributed by atoms with Crippen molar-refractivity contribution in [1.82, 2.24) is 0 Å². The molecule has 0 unspecified atom stereocenters. The summed E-state index contributed by atoms with van der Waals surface area (Å²) in [5.41, 5.74) is 2.69. The highest BCUT2D eigenvalue weighted by Gasteiger charge is 1.99. The maximum atomic E-state index is 11.4. The van der Waals surface area contributed by atoms with Gasteiger partial charge in [0.2, 0.25) is 5.43 Å². The van der Waals surface area contributed by atoms with Crippen LogP contribution in [-0.4, -0.2) is 5.11 Å². The zero-order valence-corrected chi connectivity index (χ0v) is 10.8. The molecule has 0 atom stereocenters. The predicted molar refractivity (Wildman–Crippen MR) is 74.5 cm³/mol. The Morgan fingerprint density at radius 1 is 0.947 bits per heavy atom. The molecule has 0 aliphatic rings. The molecule has 1 N–H and O–H groups in total. The smallest absolute Gasteiger partial charge is 0.220 e. The Kier molecular flexibility index (Phi) is 3.71. The van der Waals surface area contributed by atoms with E-state index in [4.69, 9.17) is 0 Å². The minimum absolute atomic E-state index is 0.292. The first kappa shape index (κ1) is 13.0. The molecule has 0 bridgehead atoms. The number of hydrogen-bond acceptors (Lipinski definition) is 4. The van der Waals surface area contributed by atoms with Crippen molar-refractivity contribution in [2.75, 3.05) is 0 Å². The summed E-state index contributed by atoms with van der Waals surface area (Å²) in [5, 5.41) is 17.6. The van der Waals surface area contributed by atoms with E-state index < -0.39 is 5.43 Å². The second-order valence-corrected chi connectivity index (χ2v) is 4.33. The van der Waals surface area contributed by atoms with E-state index in [1.807, 2.05) is 31.2 Å². The molecule has 0 heterocycles. The van der Waals surface area contributed by atoms with Crippen LogP contribution in [0.1, 0.15) is 11.1 Å². The van der Waals surface area contributed by atoms with Gasteiger partial charge in [0, 0.05) is 0 Å². The molecule has 2 aromatic rings. The number of aromatic hydroxyl groups is 1. The molecule has 0 spiro atoms. The fraction of sp³-hybridized carbons (Fsp3) is 0.133. The zero-order chi connectivity index (χ0) is 13.8. The maximum absolute atomic E-state index is 11.4. The van der Waals surface area contributed by atoms with Crippen molar-refractivity contribution in [3.8, 4) is 5.75 Å². The third-order valence-corrected chi connectivity index (χ3v) is 2.71. The maximum Gasteiger partial charge on any atom is 0.220 e. The predicted octanol–water partition coefficient (Wildman–Crippen LogP) is 3.78. The average molecular weight is 254 g/mol. The molecule has 19 heavy (non-hydrogen) atoms. The van der Waals surface area contributed by atoms with Gasteiger partial charge in [0.1, 0.15) is 0 Å². The number of benzene rings is 1. The van der Waals surface area contributed by atoms with Crippen molar-refractivity contribution in [2.24, 2.45) is 10.2 Å². The van der Waals surface area contributed by atoms with Crippen molar-refractivity contribution < 1.29 is 5.11 Å². The van der Waals surface area contributed by atoms with E-state index >= 15 is 0 Å². The van der Waals surface area contributed by atoms with Gasteiger partial charge in [0.25, 0.3) is 0 Å². The van der Waals surface area contributed by atoms with Crippen molar-refractivity contribution in [3.05, 3.63) is 63.8 Å². The Hall–Kier alpha value is -2.49. The molecule has 0 amide bonds. The fourth-order valence-corrected chi connectivity index (χ4v) is 1.55. The standard InChI is InChI=1S/C15H14N2O2/c1-10-3-5-12(6-4-10)16-17-13-7-8-14(18)15(19)9-11(13)2/h3-9H,1-2H3,(H,18,19). The van der Waals surface area contributed by atoms with Gasteiger partial charge in [-0.3, -0.25) is 4.79 Å². The van der Waals surface area contributed by atoms with E-state index in [1.165, 1.54) is 12.1 Å². The van der Waals surface area contributed by atoms with Gasteiger partial charge in [-0.05, 0) is 49.7 Å². The number of hydrogen-bond donors (Lipinski definition) is 1. The lowest BCUT2D eigenvalue weighted by Gasteiger charge is -1.95. The van der Waals surface area contributed by atoms with E-state index in [-0.39, 0.29) is 5.75 Å². The van der Waals surface area contributed by atoms with E-state index in [0.29, 0.717) is 11.3 Å². The van der Waals surface area contributed by atoms with Gasteiger partial charge >= 0.3 is 0 Å². The molecule has 4 nitrogen and oxygen atoms in total. The molecule has 0 radical (unpaired) electrons. The second kappa shape index (κ2) is 5.44. The van der Waals surface area contributed by atoms with Crippen LogP contribution in [-0.2, 0) is 0 Å². The summed E-state index contributed by atoms with van der Waals surface area (Å²) in [7, 11) is 0. The highest BCUT2D eigenvalue weighted by Crippen LogP contribution is 2.21. The first-order valence-corrected chi connectivity index (χ1v) is 5.88. The quantitative estimate of drug-likeness (QED) is 0.829. The molecule has 0 fully saturated rings. The van der Waals surface area contributed by atoms with Crippen molar-refractivity contribution in [3.63, 3.8) is 0 Å². The summed E-state index contributed by atoms with van der Waals surface area (Å²) in [5.74, 6) is -0.292. The third-order valence-electron chi connectivity index (χ3n) is 2.71. The van der Waals surface area contributed by atoms with E-state index in [1.54, 1.807) is 13.0 Å². The Morgan fingerprint density at radius 2 is 1.63 bits per heavy atom. The highest BCUT2D eigenvalue weighted by molar-refractivity contribution is 5.46. The fourth-order valence-electron chi connectivity index (χ4n) is 1.55. The molecular weight excluding hydrogens is 240 g/mol. The number of rotatable bonds is 2. The summed E-state index contributed by atoms with van der Waals surface area (Å²) in [6.07, 6.45) is 0. The summed E-state index contributed by atoms with van der Waals surface area (Å²) in [4.78, 5) is 11.4. The molecular formula is C15H14N2O2. The van der Waals surface area contributed by atoms with Gasteiger partial charge < -0.3 is 5.11 Å². The van der Waals surface area contributed by atoms with Crippen LogP contribution in [0.5, 0.6) is 5.75 Å². The van der Waals surface area contributed by atoms with Crippen LogP contribution in [0.15, 0.2) is 57.5 Å². The van der Waals surface area contributed by atoms with Crippen LogP contribution in [0.3, 0.4) is 0 Å². The van der Waals surface area contributed by atoms with Crippen LogP contribution in [0.2, 0.25) is 0 Å². The zero-order valence-electron chi connectivity index (χ0n) is 10.8. The Morgan fingerprint density at radius 3 is 2.32 bits per heavy atom. The minimum atomic E-state index is -0.422. The van der Waals surface area contributed by atoms with Gasteiger partial charge in [0.15, 0.2) is 5.75 Å². The molecule has 0 aliphatic carbocycles. The molecule has 0 aromatic heterocycles. The summed E-state index contributed by atoms with van der Waals surface area (Å²) < 4.78 is 0. The van der Waals surface area contributed by atoms with Gasteiger partial charge in [-0.25, -0.2) is 0 Å². The largest absolute Gasteiger partial charge is 0.504 e.